The number of halogens is 1. The van der Waals surface area contributed by atoms with Gasteiger partial charge in [0.05, 0.1) is 24.5 Å². The van der Waals surface area contributed by atoms with E-state index in [1.807, 2.05) is 12.1 Å². The van der Waals surface area contributed by atoms with Crippen molar-refractivity contribution in [2.45, 2.75) is 13.8 Å². The Morgan fingerprint density at radius 3 is 2.58 bits per heavy atom. The van der Waals surface area contributed by atoms with E-state index in [0.29, 0.717) is 36.3 Å². The lowest BCUT2D eigenvalue weighted by molar-refractivity contribution is 0.0994. The van der Waals surface area contributed by atoms with Gasteiger partial charge in [0.2, 0.25) is 5.76 Å². The summed E-state index contributed by atoms with van der Waals surface area (Å²) in [6.45, 7) is 6.33. The number of aromatic nitrogens is 6. The fourth-order valence-electron chi connectivity index (χ4n) is 4.29. The van der Waals surface area contributed by atoms with Crippen LogP contribution in [0.2, 0.25) is 0 Å². The van der Waals surface area contributed by atoms with Crippen molar-refractivity contribution in [3.05, 3.63) is 72.1 Å². The molecule has 1 aliphatic heterocycles. The molecular weight excluding hydrogens is 491 g/mol. The molecule has 0 atom stereocenters. The number of aryl methyl sites for hydroxylation is 2. The first-order chi connectivity index (χ1) is 18.4. The number of oxazole rings is 1. The lowest BCUT2D eigenvalue weighted by Gasteiger charge is -2.27. The standard InChI is InChI=1S/C26H23FN8O3/c1-15-23(38-16(2)30-15)25(36)31-19-4-5-21(27)20(11-19)24-32-26-29-13-18(14-35(26)33-24)17-3-6-22(28-12-17)34-7-9-37-10-8-34/h3-6,11-14H,7-10H2,1-2H3,(H,31,36). The minimum atomic E-state index is -0.534. The van der Waals surface area contributed by atoms with Gasteiger partial charge in [-0.2, -0.15) is 4.98 Å². The molecule has 1 amide bonds. The van der Waals surface area contributed by atoms with Crippen LogP contribution in [0, 0.1) is 19.7 Å². The molecule has 0 saturated carbocycles. The quantitative estimate of drug-likeness (QED) is 0.374. The van der Waals surface area contributed by atoms with Gasteiger partial charge in [0, 0.05) is 55.4 Å². The molecule has 1 aliphatic rings. The third-order valence-corrected chi connectivity index (χ3v) is 6.18. The second kappa shape index (κ2) is 9.63. The molecule has 1 fully saturated rings. The van der Waals surface area contributed by atoms with Gasteiger partial charge in [-0.25, -0.2) is 23.9 Å². The molecule has 1 aromatic carbocycles. The van der Waals surface area contributed by atoms with Crippen LogP contribution in [0.3, 0.4) is 0 Å². The predicted molar refractivity (Wildman–Crippen MR) is 136 cm³/mol. The first kappa shape index (κ1) is 23.7. The molecule has 5 aromatic rings. The Hall–Kier alpha value is -4.71. The number of amides is 1. The van der Waals surface area contributed by atoms with Gasteiger partial charge in [-0.1, -0.05) is 0 Å². The van der Waals surface area contributed by atoms with Crippen molar-refractivity contribution >= 4 is 23.2 Å². The number of carbonyl (C=O) groups is 1. The Kier molecular flexibility index (Phi) is 6.00. The van der Waals surface area contributed by atoms with Crippen molar-refractivity contribution in [3.63, 3.8) is 0 Å². The zero-order valence-electron chi connectivity index (χ0n) is 20.7. The van der Waals surface area contributed by atoms with E-state index >= 15 is 0 Å². The minimum Gasteiger partial charge on any atom is -0.436 e. The Morgan fingerprint density at radius 1 is 1.03 bits per heavy atom. The van der Waals surface area contributed by atoms with E-state index < -0.39 is 11.7 Å². The number of fused-ring (bicyclic) bond motifs is 1. The van der Waals surface area contributed by atoms with Crippen LogP contribution in [0.1, 0.15) is 22.1 Å². The summed E-state index contributed by atoms with van der Waals surface area (Å²) >= 11 is 0. The van der Waals surface area contributed by atoms with Crippen molar-refractivity contribution < 1.29 is 18.3 Å². The van der Waals surface area contributed by atoms with Crippen molar-refractivity contribution in [3.8, 4) is 22.5 Å². The molecule has 1 N–H and O–H groups in total. The van der Waals surface area contributed by atoms with Crippen LogP contribution in [0.4, 0.5) is 15.9 Å². The molecule has 6 rings (SSSR count). The number of hydrogen-bond acceptors (Lipinski definition) is 9. The van der Waals surface area contributed by atoms with Crippen LogP contribution >= 0.6 is 0 Å². The summed E-state index contributed by atoms with van der Waals surface area (Å²) in [6.07, 6.45) is 5.23. The molecule has 0 unspecified atom stereocenters. The van der Waals surface area contributed by atoms with E-state index in [1.165, 1.54) is 22.7 Å². The third-order valence-electron chi connectivity index (χ3n) is 6.18. The van der Waals surface area contributed by atoms with Gasteiger partial charge in [0.1, 0.15) is 11.6 Å². The molecule has 0 spiro atoms. The smallest absolute Gasteiger partial charge is 0.293 e. The maximum Gasteiger partial charge on any atom is 0.293 e. The number of hydrogen-bond donors (Lipinski definition) is 1. The fraction of sp³-hybridized carbons (Fsp3) is 0.231. The molecule has 5 heterocycles. The van der Waals surface area contributed by atoms with Gasteiger partial charge in [-0.3, -0.25) is 4.79 Å². The largest absolute Gasteiger partial charge is 0.436 e. The number of anilines is 2. The van der Waals surface area contributed by atoms with Gasteiger partial charge in [0.25, 0.3) is 11.7 Å². The summed E-state index contributed by atoms with van der Waals surface area (Å²) in [5, 5.41) is 7.14. The molecule has 0 radical (unpaired) electrons. The van der Waals surface area contributed by atoms with Gasteiger partial charge < -0.3 is 19.4 Å². The normalized spacial score (nSPS) is 13.7. The summed E-state index contributed by atoms with van der Waals surface area (Å²) in [7, 11) is 0. The van der Waals surface area contributed by atoms with Crippen LogP contribution in [-0.2, 0) is 4.74 Å². The Balaban J connectivity index is 1.25. The third kappa shape index (κ3) is 4.57. The predicted octanol–water partition coefficient (Wildman–Crippen LogP) is 3.69. The van der Waals surface area contributed by atoms with Crippen LogP contribution in [0.5, 0.6) is 0 Å². The lowest BCUT2D eigenvalue weighted by Crippen LogP contribution is -2.36. The second-order valence-corrected chi connectivity index (χ2v) is 8.82. The number of benzene rings is 1. The summed E-state index contributed by atoms with van der Waals surface area (Å²) < 4.78 is 27.0. The minimum absolute atomic E-state index is 0.100. The monoisotopic (exact) mass is 514 g/mol. The fourth-order valence-corrected chi connectivity index (χ4v) is 4.29. The Labute approximate surface area is 216 Å². The van der Waals surface area contributed by atoms with Gasteiger partial charge in [-0.15, -0.1) is 5.10 Å². The number of ether oxygens (including phenoxy) is 1. The van der Waals surface area contributed by atoms with Gasteiger partial charge in [-0.05, 0) is 37.3 Å². The molecule has 0 aliphatic carbocycles. The molecule has 0 bridgehead atoms. The molecule has 1 saturated heterocycles. The topological polar surface area (TPSA) is 124 Å². The van der Waals surface area contributed by atoms with Gasteiger partial charge in [0.15, 0.2) is 11.7 Å². The van der Waals surface area contributed by atoms with E-state index in [9.17, 15) is 9.18 Å². The number of morpholine rings is 1. The highest BCUT2D eigenvalue weighted by atomic mass is 19.1. The molecule has 192 valence electrons. The highest BCUT2D eigenvalue weighted by Crippen LogP contribution is 2.26. The van der Waals surface area contributed by atoms with Crippen LogP contribution in [-0.4, -0.2) is 61.8 Å². The highest BCUT2D eigenvalue weighted by Gasteiger charge is 2.19. The summed E-state index contributed by atoms with van der Waals surface area (Å²) in [6, 6.07) is 8.11. The first-order valence-corrected chi connectivity index (χ1v) is 12.0. The van der Waals surface area contributed by atoms with Crippen molar-refractivity contribution in [2.24, 2.45) is 0 Å². The second-order valence-electron chi connectivity index (χ2n) is 8.82. The van der Waals surface area contributed by atoms with E-state index in [4.69, 9.17) is 9.15 Å². The molecule has 11 nitrogen and oxygen atoms in total. The average molecular weight is 515 g/mol. The number of pyridine rings is 1. The summed E-state index contributed by atoms with van der Waals surface area (Å²) in [5.41, 5.74) is 2.60. The van der Waals surface area contributed by atoms with E-state index in [-0.39, 0.29) is 17.1 Å². The number of nitrogens with one attached hydrogen (secondary N) is 1. The maximum atomic E-state index is 14.8. The zero-order valence-corrected chi connectivity index (χ0v) is 20.7. The van der Waals surface area contributed by atoms with E-state index in [0.717, 1.165) is 30.0 Å². The van der Waals surface area contributed by atoms with Crippen molar-refractivity contribution in [1.82, 2.24) is 29.5 Å². The highest BCUT2D eigenvalue weighted by molar-refractivity contribution is 6.03. The number of carbonyl (C=O) groups excluding carboxylic acids is 1. The number of rotatable bonds is 5. The van der Waals surface area contributed by atoms with Crippen LogP contribution in [0.15, 0.2) is 53.3 Å². The van der Waals surface area contributed by atoms with Crippen molar-refractivity contribution in [2.75, 3.05) is 36.5 Å². The molecule has 12 heteroatoms. The molecule has 38 heavy (non-hydrogen) atoms. The Morgan fingerprint density at radius 2 is 1.84 bits per heavy atom. The van der Waals surface area contributed by atoms with Crippen molar-refractivity contribution in [1.29, 1.82) is 0 Å². The molecular formula is C26H23FN8O3. The molecule has 4 aromatic heterocycles. The Bertz CT molecular complexity index is 1640. The first-order valence-electron chi connectivity index (χ1n) is 12.0. The SMILES string of the molecule is Cc1nc(C)c(C(=O)Nc2ccc(F)c(-c3nc4ncc(-c5ccc(N6CCOCC6)nc5)cn4n3)c2)o1. The van der Waals surface area contributed by atoms with E-state index in [2.05, 4.69) is 35.3 Å². The van der Waals surface area contributed by atoms with Crippen LogP contribution < -0.4 is 10.2 Å². The lowest BCUT2D eigenvalue weighted by atomic mass is 10.1. The summed E-state index contributed by atoms with van der Waals surface area (Å²) in [4.78, 5) is 32.2. The van der Waals surface area contributed by atoms with E-state index in [1.54, 1.807) is 32.4 Å². The average Bonchev–Trinajstić information content (AvgIpc) is 3.52. The number of nitrogens with zero attached hydrogens (tertiary/aromatic N) is 7. The summed E-state index contributed by atoms with van der Waals surface area (Å²) in [5.74, 6) is 0.807. The maximum absolute atomic E-state index is 14.8. The zero-order chi connectivity index (χ0) is 26.2. The van der Waals surface area contributed by atoms with Crippen LogP contribution in [0.25, 0.3) is 28.3 Å². The van der Waals surface area contributed by atoms with Gasteiger partial charge >= 0.3 is 0 Å².